The van der Waals surface area contributed by atoms with Crippen molar-refractivity contribution in [1.29, 1.82) is 0 Å². The molecule has 0 spiro atoms. The Morgan fingerprint density at radius 1 is 1.24 bits per heavy atom. The Balaban J connectivity index is 1.78. The van der Waals surface area contributed by atoms with Crippen LogP contribution in [0.3, 0.4) is 0 Å². The highest BCUT2D eigenvalue weighted by Gasteiger charge is 2.05. The van der Waals surface area contributed by atoms with Crippen molar-refractivity contribution in [2.75, 3.05) is 13.2 Å². The van der Waals surface area contributed by atoms with Crippen LogP contribution in [0, 0.1) is 5.92 Å². The monoisotopic (exact) mass is 287 g/mol. The summed E-state index contributed by atoms with van der Waals surface area (Å²) in [4.78, 5) is 0. The van der Waals surface area contributed by atoms with Gasteiger partial charge in [0.15, 0.2) is 0 Å². The maximum absolute atomic E-state index is 8.99. The Hall–Kier alpha value is -1.65. The second-order valence-corrected chi connectivity index (χ2v) is 5.45. The second-order valence-electron chi connectivity index (χ2n) is 5.45. The summed E-state index contributed by atoms with van der Waals surface area (Å²) in [5, 5.41) is 16.8. The molecule has 0 saturated heterocycles. The standard InChI is InChI=1S/C17H25N3O/c1-2-15(8-9-21)10-18-11-17-12-19-20(14-17)13-16-6-4-3-5-7-16/h3-7,12,14-15,18,21H,2,8-11,13H2,1H3. The predicted molar refractivity (Wildman–Crippen MR) is 85.0 cm³/mol. The molecule has 0 fully saturated rings. The SMILES string of the molecule is CCC(CCO)CNCc1cnn(Cc2ccccc2)c1. The number of benzene rings is 1. The lowest BCUT2D eigenvalue weighted by Gasteiger charge is -2.13. The summed E-state index contributed by atoms with van der Waals surface area (Å²) in [6.45, 7) is 5.02. The number of aromatic nitrogens is 2. The topological polar surface area (TPSA) is 50.1 Å². The highest BCUT2D eigenvalue weighted by atomic mass is 16.3. The number of aliphatic hydroxyl groups is 1. The minimum absolute atomic E-state index is 0.273. The molecule has 4 nitrogen and oxygen atoms in total. The number of hydrogen-bond acceptors (Lipinski definition) is 3. The Morgan fingerprint density at radius 2 is 2.05 bits per heavy atom. The van der Waals surface area contributed by atoms with Crippen LogP contribution in [0.15, 0.2) is 42.7 Å². The lowest BCUT2D eigenvalue weighted by atomic mass is 10.0. The molecule has 0 radical (unpaired) electrons. The smallest absolute Gasteiger partial charge is 0.0659 e. The fourth-order valence-electron chi connectivity index (χ4n) is 2.41. The third kappa shape index (κ3) is 5.33. The maximum atomic E-state index is 8.99. The molecule has 1 atom stereocenters. The summed E-state index contributed by atoms with van der Waals surface area (Å²) in [7, 11) is 0. The van der Waals surface area contributed by atoms with Crippen LogP contribution in [-0.2, 0) is 13.1 Å². The summed E-state index contributed by atoms with van der Waals surface area (Å²) < 4.78 is 1.97. The van der Waals surface area contributed by atoms with E-state index in [1.165, 1.54) is 11.1 Å². The molecule has 0 saturated carbocycles. The summed E-state index contributed by atoms with van der Waals surface area (Å²) in [6, 6.07) is 10.3. The van der Waals surface area contributed by atoms with Gasteiger partial charge in [-0.25, -0.2) is 0 Å². The van der Waals surface area contributed by atoms with Gasteiger partial charge in [-0.05, 0) is 24.4 Å². The fourth-order valence-corrected chi connectivity index (χ4v) is 2.41. The lowest BCUT2D eigenvalue weighted by molar-refractivity contribution is 0.251. The van der Waals surface area contributed by atoms with E-state index in [1.807, 2.05) is 29.1 Å². The van der Waals surface area contributed by atoms with Crippen molar-refractivity contribution in [3.05, 3.63) is 53.9 Å². The van der Waals surface area contributed by atoms with Crippen LogP contribution in [0.25, 0.3) is 0 Å². The van der Waals surface area contributed by atoms with Crippen molar-refractivity contribution in [2.45, 2.75) is 32.9 Å². The van der Waals surface area contributed by atoms with E-state index in [1.54, 1.807) is 0 Å². The molecule has 0 amide bonds. The average molecular weight is 287 g/mol. The third-order valence-corrected chi connectivity index (χ3v) is 3.75. The Kier molecular flexibility index (Phi) is 6.44. The zero-order valence-electron chi connectivity index (χ0n) is 12.7. The highest BCUT2D eigenvalue weighted by molar-refractivity contribution is 5.15. The highest BCUT2D eigenvalue weighted by Crippen LogP contribution is 2.07. The summed E-state index contributed by atoms with van der Waals surface area (Å²) >= 11 is 0. The third-order valence-electron chi connectivity index (χ3n) is 3.75. The maximum Gasteiger partial charge on any atom is 0.0659 e. The van der Waals surface area contributed by atoms with Gasteiger partial charge < -0.3 is 10.4 Å². The molecule has 1 aromatic heterocycles. The molecule has 0 aliphatic rings. The molecule has 0 aliphatic carbocycles. The van der Waals surface area contributed by atoms with Crippen molar-refractivity contribution in [2.24, 2.45) is 5.92 Å². The zero-order chi connectivity index (χ0) is 14.9. The molecule has 0 aliphatic heterocycles. The van der Waals surface area contributed by atoms with Crippen molar-refractivity contribution < 1.29 is 5.11 Å². The van der Waals surface area contributed by atoms with Crippen molar-refractivity contribution in [3.63, 3.8) is 0 Å². The summed E-state index contributed by atoms with van der Waals surface area (Å²) in [6.07, 6.45) is 5.98. The van der Waals surface area contributed by atoms with Crippen molar-refractivity contribution in [1.82, 2.24) is 15.1 Å². The Labute approximate surface area is 126 Å². The van der Waals surface area contributed by atoms with E-state index in [9.17, 15) is 0 Å². The molecule has 2 rings (SSSR count). The molecule has 1 heterocycles. The van der Waals surface area contributed by atoms with Crippen LogP contribution in [-0.4, -0.2) is 28.0 Å². The van der Waals surface area contributed by atoms with Crippen LogP contribution < -0.4 is 5.32 Å². The van der Waals surface area contributed by atoms with Gasteiger partial charge in [0.25, 0.3) is 0 Å². The number of nitrogens with one attached hydrogen (secondary N) is 1. The van der Waals surface area contributed by atoms with Gasteiger partial charge in [0.05, 0.1) is 12.7 Å². The first-order chi connectivity index (χ1) is 10.3. The second kappa shape index (κ2) is 8.60. The first-order valence-electron chi connectivity index (χ1n) is 7.68. The van der Waals surface area contributed by atoms with Crippen LogP contribution in [0.1, 0.15) is 30.9 Å². The quantitative estimate of drug-likeness (QED) is 0.745. The van der Waals surface area contributed by atoms with E-state index in [0.717, 1.165) is 32.5 Å². The zero-order valence-corrected chi connectivity index (χ0v) is 12.7. The predicted octanol–water partition coefficient (Wildman–Crippen LogP) is 2.43. The molecular formula is C17H25N3O. The molecule has 4 heteroatoms. The van der Waals surface area contributed by atoms with E-state index in [0.29, 0.717) is 5.92 Å². The minimum Gasteiger partial charge on any atom is -0.396 e. The number of rotatable bonds is 9. The Morgan fingerprint density at radius 3 is 2.76 bits per heavy atom. The van der Waals surface area contributed by atoms with Crippen LogP contribution in [0.5, 0.6) is 0 Å². The first kappa shape index (κ1) is 15.7. The molecule has 114 valence electrons. The van der Waals surface area contributed by atoms with Gasteiger partial charge in [-0.2, -0.15) is 5.10 Å². The normalized spacial score (nSPS) is 12.5. The van der Waals surface area contributed by atoms with Gasteiger partial charge in [-0.1, -0.05) is 43.7 Å². The largest absolute Gasteiger partial charge is 0.396 e. The molecule has 21 heavy (non-hydrogen) atoms. The molecule has 1 unspecified atom stereocenters. The van der Waals surface area contributed by atoms with E-state index < -0.39 is 0 Å². The van der Waals surface area contributed by atoms with E-state index in [4.69, 9.17) is 5.11 Å². The average Bonchev–Trinajstić information content (AvgIpc) is 2.95. The number of nitrogens with zero attached hydrogens (tertiary/aromatic N) is 2. The molecule has 1 aromatic carbocycles. The number of hydrogen-bond donors (Lipinski definition) is 2. The summed E-state index contributed by atoms with van der Waals surface area (Å²) in [5.74, 6) is 0.550. The Bertz CT molecular complexity index is 510. The van der Waals surface area contributed by atoms with E-state index in [2.05, 4.69) is 35.7 Å². The minimum atomic E-state index is 0.273. The molecule has 0 bridgehead atoms. The first-order valence-corrected chi connectivity index (χ1v) is 7.68. The molecular weight excluding hydrogens is 262 g/mol. The molecule has 2 N–H and O–H groups in total. The lowest BCUT2D eigenvalue weighted by Crippen LogP contribution is -2.22. The van der Waals surface area contributed by atoms with Crippen LogP contribution >= 0.6 is 0 Å². The van der Waals surface area contributed by atoms with Crippen LogP contribution in [0.4, 0.5) is 0 Å². The van der Waals surface area contributed by atoms with E-state index in [-0.39, 0.29) is 6.61 Å². The van der Waals surface area contributed by atoms with Gasteiger partial charge in [-0.15, -0.1) is 0 Å². The van der Waals surface area contributed by atoms with Crippen LogP contribution in [0.2, 0.25) is 0 Å². The van der Waals surface area contributed by atoms with Gasteiger partial charge in [0, 0.05) is 24.9 Å². The fraction of sp³-hybridized carbons (Fsp3) is 0.471. The van der Waals surface area contributed by atoms with Gasteiger partial charge in [0.2, 0.25) is 0 Å². The molecule has 2 aromatic rings. The van der Waals surface area contributed by atoms with E-state index >= 15 is 0 Å². The van der Waals surface area contributed by atoms with Gasteiger partial charge >= 0.3 is 0 Å². The summed E-state index contributed by atoms with van der Waals surface area (Å²) in [5.41, 5.74) is 2.46. The van der Waals surface area contributed by atoms with Gasteiger partial charge in [0.1, 0.15) is 0 Å². The van der Waals surface area contributed by atoms with Crippen molar-refractivity contribution in [3.8, 4) is 0 Å². The van der Waals surface area contributed by atoms with Gasteiger partial charge in [-0.3, -0.25) is 4.68 Å². The van der Waals surface area contributed by atoms with Crippen molar-refractivity contribution >= 4 is 0 Å². The number of aliphatic hydroxyl groups excluding tert-OH is 1.